The second-order valence-corrected chi connectivity index (χ2v) is 5.67. The van der Waals surface area contributed by atoms with Gasteiger partial charge in [-0.3, -0.25) is 4.79 Å². The summed E-state index contributed by atoms with van der Waals surface area (Å²) in [5.41, 5.74) is 2.43. The highest BCUT2D eigenvalue weighted by Gasteiger charge is 2.17. The lowest BCUT2D eigenvalue weighted by Gasteiger charge is -2.22. The fourth-order valence-electron chi connectivity index (χ4n) is 2.34. The molecule has 0 radical (unpaired) electrons. The van der Waals surface area contributed by atoms with Crippen LogP contribution in [-0.2, 0) is 11.2 Å². The van der Waals surface area contributed by atoms with Gasteiger partial charge in [-0.2, -0.15) is 0 Å². The molecule has 0 saturated carbocycles. The van der Waals surface area contributed by atoms with E-state index < -0.39 is 0 Å². The van der Waals surface area contributed by atoms with E-state index in [9.17, 15) is 4.79 Å². The number of rotatable bonds is 6. The number of nitrogens with one attached hydrogen (secondary N) is 1. The van der Waals surface area contributed by atoms with Crippen LogP contribution in [0.2, 0.25) is 0 Å². The first-order valence-electron chi connectivity index (χ1n) is 7.71. The predicted octanol–water partition coefficient (Wildman–Crippen LogP) is 4.37. The molecular formula is C19H23NO2. The highest BCUT2D eigenvalue weighted by atomic mass is 16.3. The summed E-state index contributed by atoms with van der Waals surface area (Å²) in [5.74, 6) is 0.867. The molecule has 1 N–H and O–H groups in total. The van der Waals surface area contributed by atoms with Crippen LogP contribution in [0.1, 0.15) is 43.7 Å². The Kier molecular flexibility index (Phi) is 5.59. The topological polar surface area (TPSA) is 42.2 Å². The molecule has 1 heterocycles. The Balaban J connectivity index is 2.06. The first kappa shape index (κ1) is 16.1. The number of aryl methyl sites for hydroxylation is 1. The average Bonchev–Trinajstić information content (AvgIpc) is 3.04. The van der Waals surface area contributed by atoms with Gasteiger partial charge in [-0.15, -0.1) is 0 Å². The van der Waals surface area contributed by atoms with Gasteiger partial charge in [0.1, 0.15) is 5.76 Å². The van der Waals surface area contributed by atoms with Crippen LogP contribution >= 0.6 is 0 Å². The number of furan rings is 1. The van der Waals surface area contributed by atoms with Crippen LogP contribution in [0.5, 0.6) is 0 Å². The summed E-state index contributed by atoms with van der Waals surface area (Å²) in [5, 5.41) is 3.07. The van der Waals surface area contributed by atoms with Crippen LogP contribution in [0.25, 0.3) is 6.08 Å². The molecule has 0 aliphatic heterocycles. The molecule has 1 aromatic heterocycles. The maximum Gasteiger partial charge on any atom is 0.244 e. The number of carbonyl (C=O) groups is 1. The van der Waals surface area contributed by atoms with Gasteiger partial charge in [-0.05, 0) is 41.7 Å². The molecule has 0 aliphatic rings. The molecule has 3 heteroatoms. The number of hydrogen-bond donors (Lipinski definition) is 1. The van der Waals surface area contributed by atoms with Crippen molar-refractivity contribution in [2.24, 2.45) is 5.92 Å². The lowest BCUT2D eigenvalue weighted by Crippen LogP contribution is -2.30. The van der Waals surface area contributed by atoms with E-state index in [2.05, 4.69) is 50.4 Å². The second-order valence-electron chi connectivity index (χ2n) is 5.67. The fraction of sp³-hybridized carbons (Fsp3) is 0.316. The smallest absolute Gasteiger partial charge is 0.244 e. The summed E-state index contributed by atoms with van der Waals surface area (Å²) < 4.78 is 5.18. The van der Waals surface area contributed by atoms with Crippen LogP contribution < -0.4 is 5.32 Å². The van der Waals surface area contributed by atoms with Gasteiger partial charge < -0.3 is 9.73 Å². The minimum atomic E-state index is -0.116. The van der Waals surface area contributed by atoms with E-state index in [0.717, 1.165) is 12.0 Å². The molecule has 22 heavy (non-hydrogen) atoms. The molecule has 116 valence electrons. The Hall–Kier alpha value is -2.29. The van der Waals surface area contributed by atoms with Crippen LogP contribution in [0.15, 0.2) is 53.2 Å². The van der Waals surface area contributed by atoms with Crippen molar-refractivity contribution in [1.29, 1.82) is 0 Å². The second kappa shape index (κ2) is 7.64. The minimum Gasteiger partial charge on any atom is -0.465 e. The van der Waals surface area contributed by atoms with Crippen LogP contribution in [0.3, 0.4) is 0 Å². The first-order chi connectivity index (χ1) is 10.6. The van der Waals surface area contributed by atoms with Crippen molar-refractivity contribution >= 4 is 12.0 Å². The maximum absolute atomic E-state index is 12.1. The summed E-state index contributed by atoms with van der Waals surface area (Å²) in [6, 6.07) is 12.0. The molecule has 0 saturated heterocycles. The van der Waals surface area contributed by atoms with Gasteiger partial charge in [0.15, 0.2) is 0 Å². The molecule has 1 unspecified atom stereocenters. The highest BCUT2D eigenvalue weighted by molar-refractivity contribution is 5.91. The largest absolute Gasteiger partial charge is 0.465 e. The third-order valence-corrected chi connectivity index (χ3v) is 3.65. The third kappa shape index (κ3) is 4.35. The molecule has 0 spiro atoms. The van der Waals surface area contributed by atoms with Crippen molar-refractivity contribution in [3.63, 3.8) is 0 Å². The SMILES string of the molecule is CCc1ccc(C(NC(=O)/C=C/c2ccco2)C(C)C)cc1. The molecule has 1 aromatic carbocycles. The van der Waals surface area contributed by atoms with Crippen molar-refractivity contribution in [1.82, 2.24) is 5.32 Å². The Morgan fingerprint density at radius 1 is 1.23 bits per heavy atom. The minimum absolute atomic E-state index is 0.000317. The van der Waals surface area contributed by atoms with Crippen LogP contribution in [0.4, 0.5) is 0 Å². The Morgan fingerprint density at radius 3 is 2.50 bits per heavy atom. The molecule has 0 fully saturated rings. The van der Waals surface area contributed by atoms with Crippen molar-refractivity contribution in [3.8, 4) is 0 Å². The monoisotopic (exact) mass is 297 g/mol. The van der Waals surface area contributed by atoms with Crippen LogP contribution in [0, 0.1) is 5.92 Å². The van der Waals surface area contributed by atoms with Gasteiger partial charge in [0.25, 0.3) is 0 Å². The van der Waals surface area contributed by atoms with Gasteiger partial charge in [-0.1, -0.05) is 45.0 Å². The summed E-state index contributed by atoms with van der Waals surface area (Å²) >= 11 is 0. The number of amides is 1. The standard InChI is InChI=1S/C19H23NO2/c1-4-15-7-9-16(10-8-15)19(14(2)3)20-18(21)12-11-17-6-5-13-22-17/h5-14,19H,4H2,1-3H3,(H,20,21)/b12-11+. The lowest BCUT2D eigenvalue weighted by molar-refractivity contribution is -0.117. The zero-order valence-corrected chi connectivity index (χ0v) is 13.4. The van der Waals surface area contributed by atoms with Crippen molar-refractivity contribution < 1.29 is 9.21 Å². The van der Waals surface area contributed by atoms with E-state index >= 15 is 0 Å². The maximum atomic E-state index is 12.1. The number of hydrogen-bond acceptors (Lipinski definition) is 2. The summed E-state index contributed by atoms with van der Waals surface area (Å²) in [4.78, 5) is 12.1. The van der Waals surface area contributed by atoms with Gasteiger partial charge in [0, 0.05) is 6.08 Å². The van der Waals surface area contributed by atoms with E-state index in [1.165, 1.54) is 11.6 Å². The van der Waals surface area contributed by atoms with Gasteiger partial charge in [0.05, 0.1) is 12.3 Å². The molecule has 1 amide bonds. The molecule has 0 bridgehead atoms. The van der Waals surface area contributed by atoms with E-state index in [-0.39, 0.29) is 11.9 Å². The zero-order valence-electron chi connectivity index (χ0n) is 13.4. The summed E-state index contributed by atoms with van der Waals surface area (Å²) in [6.45, 7) is 6.35. The Bertz CT molecular complexity index is 609. The molecule has 3 nitrogen and oxygen atoms in total. The van der Waals surface area contributed by atoms with Gasteiger partial charge >= 0.3 is 0 Å². The van der Waals surface area contributed by atoms with Crippen molar-refractivity contribution in [3.05, 3.63) is 65.6 Å². The van der Waals surface area contributed by atoms with Gasteiger partial charge in [0.2, 0.25) is 5.91 Å². The van der Waals surface area contributed by atoms with E-state index in [1.54, 1.807) is 18.4 Å². The number of benzene rings is 1. The van der Waals surface area contributed by atoms with Crippen LogP contribution in [-0.4, -0.2) is 5.91 Å². The van der Waals surface area contributed by atoms with E-state index in [0.29, 0.717) is 11.7 Å². The predicted molar refractivity (Wildman–Crippen MR) is 89.3 cm³/mol. The molecular weight excluding hydrogens is 274 g/mol. The highest BCUT2D eigenvalue weighted by Crippen LogP contribution is 2.22. The quantitative estimate of drug-likeness (QED) is 0.804. The Labute approximate surface area is 132 Å². The van der Waals surface area contributed by atoms with Crippen molar-refractivity contribution in [2.45, 2.75) is 33.2 Å². The zero-order chi connectivity index (χ0) is 15.9. The fourth-order valence-corrected chi connectivity index (χ4v) is 2.34. The van der Waals surface area contributed by atoms with Crippen molar-refractivity contribution in [2.75, 3.05) is 0 Å². The third-order valence-electron chi connectivity index (χ3n) is 3.65. The van der Waals surface area contributed by atoms with E-state index in [1.807, 2.05) is 6.07 Å². The summed E-state index contributed by atoms with van der Waals surface area (Å²) in [7, 11) is 0. The first-order valence-corrected chi connectivity index (χ1v) is 7.71. The lowest BCUT2D eigenvalue weighted by atomic mass is 9.95. The van der Waals surface area contributed by atoms with E-state index in [4.69, 9.17) is 4.42 Å². The summed E-state index contributed by atoms with van der Waals surface area (Å²) in [6.07, 6.45) is 5.79. The van der Waals surface area contributed by atoms with Gasteiger partial charge in [-0.25, -0.2) is 0 Å². The molecule has 2 rings (SSSR count). The molecule has 1 atom stereocenters. The Morgan fingerprint density at radius 2 is 1.95 bits per heavy atom. The average molecular weight is 297 g/mol. The molecule has 2 aromatic rings. The normalized spacial score (nSPS) is 12.7. The molecule has 0 aliphatic carbocycles. The number of carbonyl (C=O) groups excluding carboxylic acids is 1.